The molecule has 0 aromatic carbocycles. The van der Waals surface area contributed by atoms with Gasteiger partial charge in [0.2, 0.25) is 0 Å². The van der Waals surface area contributed by atoms with Crippen molar-refractivity contribution in [3.8, 4) is 0 Å². The molecule has 0 aromatic heterocycles. The summed E-state index contributed by atoms with van der Waals surface area (Å²) in [5, 5.41) is 22.4. The van der Waals surface area contributed by atoms with Gasteiger partial charge >= 0.3 is 0 Å². The maximum atomic E-state index is 8.58. The molecule has 0 bridgehead atoms. The smallest absolute Gasteiger partial charge is 0.177 e. The zero-order valence-electron chi connectivity index (χ0n) is 5.20. The Hall–Kier alpha value is -0.520. The van der Waals surface area contributed by atoms with Gasteiger partial charge in [-0.2, -0.15) is 5.11 Å². The predicted octanol–water partition coefficient (Wildman–Crippen LogP) is -0.736. The summed E-state index contributed by atoms with van der Waals surface area (Å²) in [5.41, 5.74) is 6.31. The predicted molar refractivity (Wildman–Crippen MR) is 30.8 cm³/mol. The summed E-state index contributed by atoms with van der Waals surface area (Å²) in [6.45, 7) is 1.64. The first-order valence-corrected chi connectivity index (χ1v) is 2.63. The second kappa shape index (κ2) is 4.37. The lowest BCUT2D eigenvalue weighted by atomic mass is 10.5. The van der Waals surface area contributed by atoms with E-state index in [2.05, 4.69) is 10.4 Å². The van der Waals surface area contributed by atoms with Crippen LogP contribution in [0, 0.1) is 5.53 Å². The Bertz CT molecular complexity index is 85.9. The van der Waals surface area contributed by atoms with Crippen LogP contribution in [0.25, 0.3) is 0 Å². The van der Waals surface area contributed by atoms with Crippen LogP contribution in [-0.2, 0) is 0 Å². The molecule has 0 amide bonds. The van der Waals surface area contributed by atoms with Crippen molar-refractivity contribution in [3.63, 3.8) is 0 Å². The summed E-state index contributed by atoms with van der Waals surface area (Å²) in [4.78, 5) is 0. The average Bonchev–Trinajstić information content (AvgIpc) is 1.83. The van der Waals surface area contributed by atoms with E-state index >= 15 is 0 Å². The van der Waals surface area contributed by atoms with Gasteiger partial charge < -0.3 is 10.2 Å². The van der Waals surface area contributed by atoms with Crippen molar-refractivity contribution in [1.29, 1.82) is 5.53 Å². The lowest BCUT2D eigenvalue weighted by molar-refractivity contribution is 0.113. The van der Waals surface area contributed by atoms with Gasteiger partial charge in [0.1, 0.15) is 6.23 Å². The topological polar surface area (TPSA) is 88.7 Å². The number of nitrogens with one attached hydrogen (secondary N) is 2. The van der Waals surface area contributed by atoms with E-state index in [0.29, 0.717) is 0 Å². The maximum Gasteiger partial charge on any atom is 0.177 e. The van der Waals surface area contributed by atoms with Gasteiger partial charge in [0, 0.05) is 6.54 Å². The van der Waals surface area contributed by atoms with Crippen LogP contribution in [-0.4, -0.2) is 29.2 Å². The van der Waals surface area contributed by atoms with Crippen molar-refractivity contribution in [2.24, 2.45) is 5.11 Å². The molecule has 9 heavy (non-hydrogen) atoms. The highest BCUT2D eigenvalue weighted by molar-refractivity contribution is 4.52. The molecule has 0 aliphatic carbocycles. The highest BCUT2D eigenvalue weighted by Crippen LogP contribution is 1.80. The van der Waals surface area contributed by atoms with Crippen molar-refractivity contribution in [1.82, 2.24) is 5.32 Å². The molecule has 0 saturated carbocycles. The summed E-state index contributed by atoms with van der Waals surface area (Å²) in [6.07, 6.45) is -1.71. The Morgan fingerprint density at radius 2 is 2.22 bits per heavy atom. The third-order valence-electron chi connectivity index (χ3n) is 0.745. The van der Waals surface area contributed by atoms with Crippen LogP contribution in [0.15, 0.2) is 5.11 Å². The molecule has 0 spiro atoms. The van der Waals surface area contributed by atoms with Gasteiger partial charge in [-0.3, -0.25) is 5.32 Å². The minimum Gasteiger partial charge on any atom is -0.379 e. The van der Waals surface area contributed by atoms with Crippen LogP contribution in [0.1, 0.15) is 6.92 Å². The molecule has 0 aliphatic rings. The second-order valence-electron chi connectivity index (χ2n) is 1.69. The first-order chi connectivity index (χ1) is 4.16. The van der Waals surface area contributed by atoms with Crippen LogP contribution in [0.5, 0.6) is 0 Å². The van der Waals surface area contributed by atoms with Crippen LogP contribution in [0.4, 0.5) is 0 Å². The monoisotopic (exact) mass is 133 g/mol. The van der Waals surface area contributed by atoms with Gasteiger partial charge in [-0.1, -0.05) is 0 Å². The summed E-state index contributed by atoms with van der Waals surface area (Å²) < 4.78 is 0. The third-order valence-corrected chi connectivity index (χ3v) is 0.745. The normalized spacial score (nSPS) is 16.8. The van der Waals surface area contributed by atoms with Crippen LogP contribution in [0.2, 0.25) is 0 Å². The quantitative estimate of drug-likeness (QED) is 0.301. The average molecular weight is 133 g/mol. The molecular weight excluding hydrogens is 122 g/mol. The molecule has 54 valence electrons. The highest BCUT2D eigenvalue weighted by atomic mass is 16.3. The summed E-state index contributed by atoms with van der Waals surface area (Å²) in [7, 11) is 0. The van der Waals surface area contributed by atoms with Crippen LogP contribution in [0.3, 0.4) is 0 Å². The summed E-state index contributed by atoms with van der Waals surface area (Å²) in [6, 6.07) is 0. The van der Waals surface area contributed by atoms with E-state index < -0.39 is 12.5 Å². The fourth-order valence-corrected chi connectivity index (χ4v) is 0.322. The van der Waals surface area contributed by atoms with Gasteiger partial charge in [-0.25, -0.2) is 5.53 Å². The van der Waals surface area contributed by atoms with Crippen molar-refractivity contribution in [2.45, 2.75) is 19.4 Å². The van der Waals surface area contributed by atoms with Crippen molar-refractivity contribution < 1.29 is 10.2 Å². The molecule has 0 saturated heterocycles. The number of rotatable bonds is 4. The number of nitrogens with zero attached hydrogens (tertiary/aromatic N) is 1. The van der Waals surface area contributed by atoms with Crippen molar-refractivity contribution in [3.05, 3.63) is 0 Å². The van der Waals surface area contributed by atoms with E-state index in [0.717, 1.165) is 0 Å². The van der Waals surface area contributed by atoms with E-state index in [9.17, 15) is 0 Å². The molecular formula is C4H11N3O2. The molecule has 4 N–H and O–H groups in total. The Labute approximate surface area is 53.2 Å². The van der Waals surface area contributed by atoms with Crippen LogP contribution < -0.4 is 5.32 Å². The molecule has 2 unspecified atom stereocenters. The van der Waals surface area contributed by atoms with E-state index in [1.807, 2.05) is 0 Å². The molecule has 0 aromatic rings. The van der Waals surface area contributed by atoms with Gasteiger partial charge in [-0.15, -0.1) is 0 Å². The SMILES string of the molecule is CC(O)NCC(O)N=N. The lowest BCUT2D eigenvalue weighted by Crippen LogP contribution is -2.32. The van der Waals surface area contributed by atoms with Crippen LogP contribution >= 0.6 is 0 Å². The molecule has 0 rings (SSSR count). The van der Waals surface area contributed by atoms with E-state index in [4.69, 9.17) is 15.7 Å². The molecule has 0 heterocycles. The van der Waals surface area contributed by atoms with Gasteiger partial charge in [0.15, 0.2) is 6.23 Å². The minimum atomic E-state index is -1.04. The van der Waals surface area contributed by atoms with Gasteiger partial charge in [-0.05, 0) is 6.92 Å². The number of hydrogen-bond donors (Lipinski definition) is 4. The summed E-state index contributed by atoms with van der Waals surface area (Å²) >= 11 is 0. The standard InChI is InChI=1S/C4H11N3O2/c1-3(8)6-2-4(9)7-5/h3-6,8-9H,2H2,1H3. The number of aliphatic hydroxyl groups excluding tert-OH is 2. The van der Waals surface area contributed by atoms with E-state index in [1.54, 1.807) is 0 Å². The zero-order valence-corrected chi connectivity index (χ0v) is 5.20. The number of hydrogen-bond acceptors (Lipinski definition) is 5. The Kier molecular flexibility index (Phi) is 4.12. The largest absolute Gasteiger partial charge is 0.379 e. The fourth-order valence-electron chi connectivity index (χ4n) is 0.322. The zero-order chi connectivity index (χ0) is 7.28. The molecule has 0 radical (unpaired) electrons. The molecule has 0 fully saturated rings. The Morgan fingerprint density at radius 1 is 1.67 bits per heavy atom. The molecule has 0 aliphatic heterocycles. The van der Waals surface area contributed by atoms with E-state index in [1.165, 1.54) is 6.92 Å². The van der Waals surface area contributed by atoms with Crippen molar-refractivity contribution >= 4 is 0 Å². The van der Waals surface area contributed by atoms with Gasteiger partial charge in [0.05, 0.1) is 0 Å². The summed E-state index contributed by atoms with van der Waals surface area (Å²) in [5.74, 6) is 0. The fraction of sp³-hybridized carbons (Fsp3) is 1.00. The molecule has 2 atom stereocenters. The van der Waals surface area contributed by atoms with Crippen molar-refractivity contribution in [2.75, 3.05) is 6.54 Å². The van der Waals surface area contributed by atoms with Gasteiger partial charge in [0.25, 0.3) is 0 Å². The Morgan fingerprint density at radius 3 is 2.56 bits per heavy atom. The first-order valence-electron chi connectivity index (χ1n) is 2.63. The molecule has 5 heteroatoms. The first kappa shape index (κ1) is 8.48. The third kappa shape index (κ3) is 5.35. The maximum absolute atomic E-state index is 8.58. The second-order valence-corrected chi connectivity index (χ2v) is 1.69. The molecule has 5 nitrogen and oxygen atoms in total. The minimum absolute atomic E-state index is 0.112. The van der Waals surface area contributed by atoms with E-state index in [-0.39, 0.29) is 6.54 Å². The lowest BCUT2D eigenvalue weighted by Gasteiger charge is -2.07. The highest BCUT2D eigenvalue weighted by Gasteiger charge is 2.00. The Balaban J connectivity index is 3.16. The number of aliphatic hydroxyl groups is 2.